The van der Waals surface area contributed by atoms with E-state index in [2.05, 4.69) is 44.1 Å². The first-order valence-electron chi connectivity index (χ1n) is 8.66. The Morgan fingerprint density at radius 2 is 1.96 bits per heavy atom. The van der Waals surface area contributed by atoms with Gasteiger partial charge >= 0.3 is 0 Å². The van der Waals surface area contributed by atoms with Gasteiger partial charge in [0.25, 0.3) is 0 Å². The van der Waals surface area contributed by atoms with Gasteiger partial charge in [-0.3, -0.25) is 4.79 Å². The lowest BCUT2D eigenvalue weighted by atomic mass is 10.1. The Balaban J connectivity index is 1.58. The first-order chi connectivity index (χ1) is 13.2. The summed E-state index contributed by atoms with van der Waals surface area (Å²) in [6.07, 6.45) is 3.29. The molecule has 2 heterocycles. The van der Waals surface area contributed by atoms with Crippen LogP contribution in [-0.2, 0) is 24.2 Å². The van der Waals surface area contributed by atoms with Crippen LogP contribution in [0.3, 0.4) is 0 Å². The zero-order valence-electron chi connectivity index (χ0n) is 14.9. The Hall–Kier alpha value is -2.38. The summed E-state index contributed by atoms with van der Waals surface area (Å²) >= 11 is 7.32. The molecule has 3 aromatic rings. The van der Waals surface area contributed by atoms with E-state index in [0.717, 1.165) is 30.4 Å². The number of thioether (sulfide) groups is 1. The molecule has 1 aromatic carbocycles. The van der Waals surface area contributed by atoms with Crippen molar-refractivity contribution in [3.8, 4) is 0 Å². The van der Waals surface area contributed by atoms with E-state index < -0.39 is 0 Å². The lowest BCUT2D eigenvalue weighted by molar-refractivity contribution is -0.113. The molecule has 0 spiro atoms. The topological polar surface area (TPSA) is 72.7 Å². The normalized spacial score (nSPS) is 10.7. The van der Waals surface area contributed by atoms with Gasteiger partial charge in [-0.2, -0.15) is 0 Å². The lowest BCUT2D eigenvalue weighted by Crippen LogP contribution is -2.15. The molecule has 6 nitrogen and oxygen atoms in total. The summed E-state index contributed by atoms with van der Waals surface area (Å²) in [6.45, 7) is 2.81. The second kappa shape index (κ2) is 9.53. The average Bonchev–Trinajstić information content (AvgIpc) is 3.09. The maximum Gasteiger partial charge on any atom is 0.234 e. The highest BCUT2D eigenvalue weighted by Crippen LogP contribution is 2.21. The SMILES string of the molecule is CCn1c(CCc2ccccc2)nnc1SCC(=O)Nc1cccnc1Cl. The number of aromatic nitrogens is 4. The molecule has 8 heteroatoms. The Kier molecular flexibility index (Phi) is 6.84. The molecule has 0 saturated heterocycles. The van der Waals surface area contributed by atoms with E-state index in [1.165, 1.54) is 17.3 Å². The van der Waals surface area contributed by atoms with Crippen molar-refractivity contribution in [3.63, 3.8) is 0 Å². The molecular weight excluding hydrogens is 382 g/mol. The number of hydrogen-bond donors (Lipinski definition) is 1. The van der Waals surface area contributed by atoms with Gasteiger partial charge in [-0.15, -0.1) is 10.2 Å². The monoisotopic (exact) mass is 401 g/mol. The smallest absolute Gasteiger partial charge is 0.234 e. The maximum atomic E-state index is 12.2. The van der Waals surface area contributed by atoms with Crippen LogP contribution in [0.25, 0.3) is 0 Å². The summed E-state index contributed by atoms with van der Waals surface area (Å²) in [5.74, 6) is 0.994. The molecule has 0 radical (unpaired) electrons. The van der Waals surface area contributed by atoms with E-state index in [4.69, 9.17) is 11.6 Å². The van der Waals surface area contributed by atoms with E-state index >= 15 is 0 Å². The fourth-order valence-electron chi connectivity index (χ4n) is 2.62. The summed E-state index contributed by atoms with van der Waals surface area (Å²) in [7, 11) is 0. The zero-order chi connectivity index (χ0) is 19.1. The fourth-order valence-corrected chi connectivity index (χ4v) is 3.61. The summed E-state index contributed by atoms with van der Waals surface area (Å²) in [6, 6.07) is 13.7. The van der Waals surface area contributed by atoms with Gasteiger partial charge in [-0.25, -0.2) is 4.98 Å². The molecule has 0 aliphatic heterocycles. The van der Waals surface area contributed by atoms with Gasteiger partial charge in [0.1, 0.15) is 5.82 Å². The number of anilines is 1. The Morgan fingerprint density at radius 1 is 1.15 bits per heavy atom. The Labute approximate surface area is 167 Å². The van der Waals surface area contributed by atoms with Crippen LogP contribution in [0, 0.1) is 0 Å². The number of hydrogen-bond acceptors (Lipinski definition) is 5. The Morgan fingerprint density at radius 3 is 2.70 bits per heavy atom. The lowest BCUT2D eigenvalue weighted by Gasteiger charge is -2.08. The number of rotatable bonds is 8. The second-order valence-electron chi connectivity index (χ2n) is 5.81. The van der Waals surface area contributed by atoms with E-state index in [0.29, 0.717) is 5.69 Å². The first-order valence-corrected chi connectivity index (χ1v) is 10.0. The van der Waals surface area contributed by atoms with Crippen LogP contribution >= 0.6 is 23.4 Å². The molecule has 1 N–H and O–H groups in total. The van der Waals surface area contributed by atoms with Crippen LogP contribution < -0.4 is 5.32 Å². The van der Waals surface area contributed by atoms with Crippen LogP contribution in [0.2, 0.25) is 5.15 Å². The second-order valence-corrected chi connectivity index (χ2v) is 7.11. The predicted molar refractivity (Wildman–Crippen MR) is 108 cm³/mol. The summed E-state index contributed by atoms with van der Waals surface area (Å²) in [5, 5.41) is 12.3. The largest absolute Gasteiger partial charge is 0.323 e. The van der Waals surface area contributed by atoms with Crippen LogP contribution in [0.5, 0.6) is 0 Å². The molecule has 1 amide bonds. The van der Waals surface area contributed by atoms with Gasteiger partial charge in [0.05, 0.1) is 11.4 Å². The number of aryl methyl sites for hydroxylation is 2. The minimum atomic E-state index is -0.161. The number of nitrogens with one attached hydrogen (secondary N) is 1. The molecule has 0 unspecified atom stereocenters. The molecule has 0 aliphatic carbocycles. The van der Waals surface area contributed by atoms with Crippen molar-refractivity contribution in [2.24, 2.45) is 0 Å². The standard InChI is InChI=1S/C19H20ClN5OS/c1-2-25-16(11-10-14-7-4-3-5-8-14)23-24-19(25)27-13-17(26)22-15-9-6-12-21-18(15)20/h3-9,12H,2,10-11,13H2,1H3,(H,22,26). The number of carbonyl (C=O) groups excluding carboxylic acids is 1. The van der Waals surface area contributed by atoms with E-state index in [1.807, 2.05) is 18.2 Å². The van der Waals surface area contributed by atoms with Crippen molar-refractivity contribution in [2.45, 2.75) is 31.5 Å². The molecule has 27 heavy (non-hydrogen) atoms. The molecule has 140 valence electrons. The van der Waals surface area contributed by atoms with Gasteiger partial charge in [0.15, 0.2) is 10.3 Å². The molecular formula is C19H20ClN5OS. The van der Waals surface area contributed by atoms with Crippen LogP contribution in [0.1, 0.15) is 18.3 Å². The number of halogens is 1. The van der Waals surface area contributed by atoms with Gasteiger partial charge in [-0.05, 0) is 31.0 Å². The molecule has 0 bridgehead atoms. The van der Waals surface area contributed by atoms with E-state index in [9.17, 15) is 4.79 Å². The minimum absolute atomic E-state index is 0.161. The third-order valence-corrected chi connectivity index (χ3v) is 5.22. The van der Waals surface area contributed by atoms with Crippen molar-refractivity contribution < 1.29 is 4.79 Å². The molecule has 0 saturated carbocycles. The number of carbonyl (C=O) groups is 1. The van der Waals surface area contributed by atoms with Gasteiger partial charge in [0, 0.05) is 19.2 Å². The van der Waals surface area contributed by atoms with Gasteiger partial charge in [0.2, 0.25) is 5.91 Å². The third kappa shape index (κ3) is 5.30. The average molecular weight is 402 g/mol. The fraction of sp³-hybridized carbons (Fsp3) is 0.263. The van der Waals surface area contributed by atoms with Crippen LogP contribution in [0.15, 0.2) is 53.8 Å². The number of pyridine rings is 1. The summed E-state index contributed by atoms with van der Waals surface area (Å²) in [5.41, 5.74) is 1.77. The minimum Gasteiger partial charge on any atom is -0.323 e. The number of nitrogens with zero attached hydrogens (tertiary/aromatic N) is 4. The summed E-state index contributed by atoms with van der Waals surface area (Å²) < 4.78 is 2.05. The molecule has 0 aliphatic rings. The highest BCUT2D eigenvalue weighted by atomic mass is 35.5. The van der Waals surface area contributed by atoms with E-state index in [-0.39, 0.29) is 16.8 Å². The Bertz CT molecular complexity index is 900. The number of amides is 1. The van der Waals surface area contributed by atoms with Crippen molar-refractivity contribution >= 4 is 35.0 Å². The summed E-state index contributed by atoms with van der Waals surface area (Å²) in [4.78, 5) is 16.1. The van der Waals surface area contributed by atoms with E-state index in [1.54, 1.807) is 18.3 Å². The molecule has 0 fully saturated rings. The van der Waals surface area contributed by atoms with Crippen molar-refractivity contribution in [2.75, 3.05) is 11.1 Å². The maximum absolute atomic E-state index is 12.2. The molecule has 2 aromatic heterocycles. The first kappa shape index (κ1) is 19.4. The predicted octanol–water partition coefficient (Wildman–Crippen LogP) is 3.86. The van der Waals surface area contributed by atoms with Crippen LogP contribution in [-0.4, -0.2) is 31.4 Å². The highest BCUT2D eigenvalue weighted by Gasteiger charge is 2.14. The quantitative estimate of drug-likeness (QED) is 0.458. The third-order valence-electron chi connectivity index (χ3n) is 3.96. The van der Waals surface area contributed by atoms with Crippen molar-refractivity contribution in [1.29, 1.82) is 0 Å². The number of benzene rings is 1. The highest BCUT2D eigenvalue weighted by molar-refractivity contribution is 7.99. The molecule has 0 atom stereocenters. The van der Waals surface area contributed by atoms with Gasteiger partial charge in [-0.1, -0.05) is 53.7 Å². The van der Waals surface area contributed by atoms with Gasteiger partial charge < -0.3 is 9.88 Å². The molecule has 3 rings (SSSR count). The van der Waals surface area contributed by atoms with Crippen molar-refractivity contribution in [3.05, 3.63) is 65.2 Å². The van der Waals surface area contributed by atoms with Crippen molar-refractivity contribution in [1.82, 2.24) is 19.7 Å². The van der Waals surface area contributed by atoms with Crippen LogP contribution in [0.4, 0.5) is 5.69 Å². The zero-order valence-corrected chi connectivity index (χ0v) is 16.5.